The first-order valence-corrected chi connectivity index (χ1v) is 8.54. The minimum absolute atomic E-state index is 0.633. The van der Waals surface area contributed by atoms with Crippen LogP contribution in [-0.2, 0) is 13.6 Å². The number of fused-ring (bicyclic) bond motifs is 1. The smallest absolute Gasteiger partial charge is 0.0843 e. The third-order valence-corrected chi connectivity index (χ3v) is 4.37. The molecule has 0 unspecified atom stereocenters. The number of hydrogen-bond acceptors (Lipinski definition) is 2. The minimum Gasteiger partial charge on any atom is -0.294 e. The van der Waals surface area contributed by atoms with Crippen molar-refractivity contribution in [3.05, 3.63) is 30.0 Å². The molecule has 3 nitrogen and oxygen atoms in total. The Kier molecular flexibility index (Phi) is 5.61. The van der Waals surface area contributed by atoms with Crippen molar-refractivity contribution < 1.29 is 0 Å². The van der Waals surface area contributed by atoms with E-state index in [0.29, 0.717) is 6.04 Å². The fraction of sp³-hybridized carbons (Fsp3) is 0.562. The SMILES string of the molecule is CCC(CC)N(CCBr)Cc1nn(C)c2ccccc12. The van der Waals surface area contributed by atoms with Crippen LogP contribution in [0.1, 0.15) is 32.4 Å². The first-order chi connectivity index (χ1) is 9.71. The van der Waals surface area contributed by atoms with Gasteiger partial charge in [0.2, 0.25) is 0 Å². The van der Waals surface area contributed by atoms with E-state index in [0.717, 1.165) is 18.4 Å². The molecule has 20 heavy (non-hydrogen) atoms. The Morgan fingerprint density at radius 1 is 1.25 bits per heavy atom. The maximum atomic E-state index is 4.72. The Morgan fingerprint density at radius 3 is 2.60 bits per heavy atom. The molecule has 1 aromatic carbocycles. The third kappa shape index (κ3) is 3.23. The summed E-state index contributed by atoms with van der Waals surface area (Å²) in [4.78, 5) is 2.55. The van der Waals surface area contributed by atoms with Gasteiger partial charge < -0.3 is 0 Å². The second-order valence-corrected chi connectivity index (χ2v) is 6.01. The lowest BCUT2D eigenvalue weighted by molar-refractivity contribution is 0.187. The van der Waals surface area contributed by atoms with E-state index < -0.39 is 0 Å². The normalized spacial score (nSPS) is 11.9. The molecule has 1 heterocycles. The summed E-state index contributed by atoms with van der Waals surface area (Å²) >= 11 is 3.58. The molecule has 0 amide bonds. The molecule has 0 aliphatic rings. The summed E-state index contributed by atoms with van der Waals surface area (Å²) in [7, 11) is 2.03. The number of rotatable bonds is 7. The van der Waals surface area contributed by atoms with Gasteiger partial charge in [0.25, 0.3) is 0 Å². The Bertz CT molecular complexity index is 546. The van der Waals surface area contributed by atoms with Gasteiger partial charge in [0.15, 0.2) is 0 Å². The number of alkyl halides is 1. The molecule has 0 spiro atoms. The monoisotopic (exact) mass is 337 g/mol. The van der Waals surface area contributed by atoms with Gasteiger partial charge in [0.05, 0.1) is 11.2 Å². The molecule has 0 radical (unpaired) electrons. The minimum atomic E-state index is 0.633. The van der Waals surface area contributed by atoms with E-state index in [9.17, 15) is 0 Å². The molecule has 0 N–H and O–H groups in total. The Morgan fingerprint density at radius 2 is 1.95 bits per heavy atom. The van der Waals surface area contributed by atoms with Gasteiger partial charge >= 0.3 is 0 Å². The molecule has 0 saturated carbocycles. The zero-order valence-corrected chi connectivity index (χ0v) is 14.2. The van der Waals surface area contributed by atoms with Crippen molar-refractivity contribution in [1.82, 2.24) is 14.7 Å². The van der Waals surface area contributed by atoms with Gasteiger partial charge in [-0.3, -0.25) is 9.58 Å². The number of hydrogen-bond donors (Lipinski definition) is 0. The van der Waals surface area contributed by atoms with Crippen molar-refractivity contribution in [1.29, 1.82) is 0 Å². The number of halogens is 1. The van der Waals surface area contributed by atoms with E-state index in [-0.39, 0.29) is 0 Å². The highest BCUT2D eigenvalue weighted by Gasteiger charge is 2.18. The van der Waals surface area contributed by atoms with Crippen LogP contribution in [0.3, 0.4) is 0 Å². The average molecular weight is 338 g/mol. The predicted molar refractivity (Wildman–Crippen MR) is 89.3 cm³/mol. The third-order valence-electron chi connectivity index (χ3n) is 4.02. The summed E-state index contributed by atoms with van der Waals surface area (Å²) in [5, 5.41) is 7.01. The fourth-order valence-electron chi connectivity index (χ4n) is 2.90. The van der Waals surface area contributed by atoms with Crippen molar-refractivity contribution in [3.8, 4) is 0 Å². The second-order valence-electron chi connectivity index (χ2n) is 5.22. The molecule has 0 aliphatic heterocycles. The molecule has 2 aromatic rings. The topological polar surface area (TPSA) is 21.1 Å². The Hall–Kier alpha value is -0.870. The quantitative estimate of drug-likeness (QED) is 0.713. The van der Waals surface area contributed by atoms with E-state index in [2.05, 4.69) is 58.9 Å². The molecule has 4 heteroatoms. The van der Waals surface area contributed by atoms with Gasteiger partial charge in [-0.2, -0.15) is 5.10 Å². The summed E-state index contributed by atoms with van der Waals surface area (Å²) in [5.74, 6) is 0. The lowest BCUT2D eigenvalue weighted by Gasteiger charge is -2.29. The molecule has 0 aliphatic carbocycles. The number of benzene rings is 1. The fourth-order valence-corrected chi connectivity index (χ4v) is 3.36. The van der Waals surface area contributed by atoms with Crippen molar-refractivity contribution in [2.45, 2.75) is 39.3 Å². The first-order valence-electron chi connectivity index (χ1n) is 7.41. The maximum Gasteiger partial charge on any atom is 0.0843 e. The van der Waals surface area contributed by atoms with Crippen LogP contribution in [0.15, 0.2) is 24.3 Å². The van der Waals surface area contributed by atoms with Crippen molar-refractivity contribution >= 4 is 26.8 Å². The van der Waals surface area contributed by atoms with Gasteiger partial charge in [-0.15, -0.1) is 0 Å². The number of aromatic nitrogens is 2. The van der Waals surface area contributed by atoms with Crippen molar-refractivity contribution in [2.75, 3.05) is 11.9 Å². The van der Waals surface area contributed by atoms with E-state index in [1.807, 2.05) is 11.7 Å². The standard InChI is InChI=1S/C16H24BrN3/c1-4-13(5-2)20(11-10-17)12-15-14-8-6-7-9-16(14)19(3)18-15/h6-9,13H,4-5,10-12H2,1-3H3. The molecule has 0 atom stereocenters. The summed E-state index contributed by atoms with van der Waals surface area (Å²) in [6, 6.07) is 9.12. The average Bonchev–Trinajstić information content (AvgIpc) is 2.78. The zero-order chi connectivity index (χ0) is 14.5. The van der Waals surface area contributed by atoms with E-state index in [1.54, 1.807) is 0 Å². The molecular weight excluding hydrogens is 314 g/mol. The summed E-state index contributed by atoms with van der Waals surface area (Å²) in [6.45, 7) is 6.54. The summed E-state index contributed by atoms with van der Waals surface area (Å²) in [5.41, 5.74) is 2.40. The first kappa shape index (κ1) is 15.5. The number of nitrogens with zero attached hydrogens (tertiary/aromatic N) is 3. The van der Waals surface area contributed by atoms with Crippen molar-refractivity contribution in [3.63, 3.8) is 0 Å². The van der Waals surface area contributed by atoms with Crippen molar-refractivity contribution in [2.24, 2.45) is 7.05 Å². The van der Waals surface area contributed by atoms with Crippen LogP contribution in [0.5, 0.6) is 0 Å². The summed E-state index contributed by atoms with van der Waals surface area (Å²) in [6.07, 6.45) is 2.38. The molecule has 0 bridgehead atoms. The maximum absolute atomic E-state index is 4.72. The zero-order valence-electron chi connectivity index (χ0n) is 12.6. The highest BCUT2D eigenvalue weighted by Crippen LogP contribution is 2.21. The number of para-hydroxylation sites is 1. The molecule has 2 rings (SSSR count). The van der Waals surface area contributed by atoms with Crippen LogP contribution < -0.4 is 0 Å². The van der Waals surface area contributed by atoms with Crippen LogP contribution in [0, 0.1) is 0 Å². The molecule has 110 valence electrons. The predicted octanol–water partition coefficient (Wildman–Crippen LogP) is 3.96. The van der Waals surface area contributed by atoms with Crippen LogP contribution in [0.2, 0.25) is 0 Å². The Labute approximate surface area is 130 Å². The van der Waals surface area contributed by atoms with E-state index in [1.165, 1.54) is 29.4 Å². The summed E-state index contributed by atoms with van der Waals surface area (Å²) < 4.78 is 1.99. The van der Waals surface area contributed by atoms with Gasteiger partial charge in [-0.1, -0.05) is 48.0 Å². The van der Waals surface area contributed by atoms with Crippen LogP contribution >= 0.6 is 15.9 Å². The molecule has 0 fully saturated rings. The largest absolute Gasteiger partial charge is 0.294 e. The van der Waals surface area contributed by atoms with E-state index in [4.69, 9.17) is 5.10 Å². The van der Waals surface area contributed by atoms with Gasteiger partial charge in [-0.05, 0) is 18.9 Å². The van der Waals surface area contributed by atoms with Gasteiger partial charge in [0.1, 0.15) is 0 Å². The number of aryl methyl sites for hydroxylation is 1. The van der Waals surface area contributed by atoms with Gasteiger partial charge in [0, 0.05) is 36.9 Å². The molecule has 1 aromatic heterocycles. The van der Waals surface area contributed by atoms with Crippen LogP contribution in [0.25, 0.3) is 10.9 Å². The lowest BCUT2D eigenvalue weighted by atomic mass is 10.1. The molecule has 0 saturated heterocycles. The van der Waals surface area contributed by atoms with Crippen LogP contribution in [0.4, 0.5) is 0 Å². The highest BCUT2D eigenvalue weighted by molar-refractivity contribution is 9.09. The second kappa shape index (κ2) is 7.23. The highest BCUT2D eigenvalue weighted by atomic mass is 79.9. The lowest BCUT2D eigenvalue weighted by Crippen LogP contribution is -2.35. The molecular formula is C16H24BrN3. The van der Waals surface area contributed by atoms with Gasteiger partial charge in [-0.25, -0.2) is 0 Å². The van der Waals surface area contributed by atoms with Crippen LogP contribution in [-0.4, -0.2) is 32.6 Å². The Balaban J connectivity index is 2.28. The van der Waals surface area contributed by atoms with E-state index >= 15 is 0 Å².